The molecule has 8 heteroatoms. The van der Waals surface area contributed by atoms with E-state index in [1.165, 1.54) is 11.3 Å². The SMILES string of the molecule is Cc1onc(-c2ccccc2Cl)c1C(=O)N(C[C@H]1CCCO1)c1nc2c(C)ccc(C)c2s1. The van der Waals surface area contributed by atoms with Crippen molar-refractivity contribution in [3.8, 4) is 11.3 Å². The largest absolute Gasteiger partial charge is 0.376 e. The summed E-state index contributed by atoms with van der Waals surface area (Å²) in [6, 6.07) is 11.5. The number of hydrogen-bond donors (Lipinski definition) is 0. The van der Waals surface area contributed by atoms with Crippen molar-refractivity contribution in [1.29, 1.82) is 0 Å². The predicted molar refractivity (Wildman–Crippen MR) is 131 cm³/mol. The fraction of sp³-hybridized carbons (Fsp3) is 0.320. The van der Waals surface area contributed by atoms with Crippen molar-refractivity contribution in [1.82, 2.24) is 10.1 Å². The van der Waals surface area contributed by atoms with Gasteiger partial charge in [-0.15, -0.1) is 0 Å². The molecule has 0 radical (unpaired) electrons. The van der Waals surface area contributed by atoms with Crippen LogP contribution in [0.15, 0.2) is 40.9 Å². The molecule has 170 valence electrons. The third-order valence-corrected chi connectivity index (χ3v) is 7.57. The molecule has 3 heterocycles. The summed E-state index contributed by atoms with van der Waals surface area (Å²) in [5.41, 5.74) is 4.64. The number of anilines is 1. The Kier molecular flexibility index (Phi) is 5.95. The first-order chi connectivity index (χ1) is 15.9. The van der Waals surface area contributed by atoms with Crippen LogP contribution in [-0.4, -0.2) is 35.3 Å². The number of benzene rings is 2. The first-order valence-electron chi connectivity index (χ1n) is 11.0. The molecule has 0 bridgehead atoms. The van der Waals surface area contributed by atoms with Crippen LogP contribution in [0.1, 0.15) is 40.1 Å². The number of aryl methyl sites for hydroxylation is 3. The number of rotatable bonds is 5. The van der Waals surface area contributed by atoms with E-state index in [9.17, 15) is 4.79 Å². The van der Waals surface area contributed by atoms with Gasteiger partial charge in [-0.05, 0) is 50.8 Å². The molecule has 2 aromatic heterocycles. The van der Waals surface area contributed by atoms with E-state index in [1.807, 2.05) is 25.1 Å². The lowest BCUT2D eigenvalue weighted by Crippen LogP contribution is -2.37. The number of hydrogen-bond acceptors (Lipinski definition) is 6. The first kappa shape index (κ1) is 22.1. The highest BCUT2D eigenvalue weighted by atomic mass is 35.5. The summed E-state index contributed by atoms with van der Waals surface area (Å²) in [4.78, 5) is 20.7. The number of aromatic nitrogens is 2. The third-order valence-electron chi connectivity index (χ3n) is 6.02. The Bertz CT molecular complexity index is 1300. The normalized spacial score (nSPS) is 15.9. The zero-order valence-electron chi connectivity index (χ0n) is 18.7. The van der Waals surface area contributed by atoms with Gasteiger partial charge >= 0.3 is 0 Å². The molecule has 0 aliphatic carbocycles. The second-order valence-corrected chi connectivity index (χ2v) is 9.75. The molecule has 0 spiro atoms. The van der Waals surface area contributed by atoms with Crippen molar-refractivity contribution >= 4 is 44.2 Å². The maximum atomic E-state index is 14.1. The van der Waals surface area contributed by atoms with Crippen molar-refractivity contribution in [2.75, 3.05) is 18.1 Å². The Morgan fingerprint density at radius 3 is 2.70 bits per heavy atom. The fourth-order valence-electron chi connectivity index (χ4n) is 4.20. The monoisotopic (exact) mass is 481 g/mol. The average Bonchev–Trinajstić information content (AvgIpc) is 3.55. The van der Waals surface area contributed by atoms with E-state index in [-0.39, 0.29) is 12.0 Å². The Balaban J connectivity index is 1.62. The zero-order chi connectivity index (χ0) is 23.1. The Labute approximate surface area is 201 Å². The molecule has 1 amide bonds. The summed E-state index contributed by atoms with van der Waals surface area (Å²) in [7, 11) is 0. The van der Waals surface area contributed by atoms with Crippen LogP contribution in [0, 0.1) is 20.8 Å². The molecule has 0 N–H and O–H groups in total. The smallest absolute Gasteiger partial charge is 0.266 e. The standard InChI is InChI=1S/C25H24ClN3O3S/c1-14-10-11-15(2)23-21(14)27-25(33-23)29(13-17-7-6-12-31-17)24(30)20-16(3)32-28-22(20)18-8-4-5-9-19(18)26/h4-5,8-11,17H,6-7,12-13H2,1-3H3/t17-/m1/s1. The molecule has 1 atom stereocenters. The minimum absolute atomic E-state index is 0.0351. The number of carbonyl (C=O) groups is 1. The van der Waals surface area contributed by atoms with Gasteiger partial charge < -0.3 is 9.26 Å². The summed E-state index contributed by atoms with van der Waals surface area (Å²) < 4.78 is 12.4. The van der Waals surface area contributed by atoms with Gasteiger partial charge in [0, 0.05) is 12.2 Å². The number of carbonyl (C=O) groups excluding carboxylic acids is 1. The van der Waals surface area contributed by atoms with Gasteiger partial charge in [0.25, 0.3) is 5.91 Å². The zero-order valence-corrected chi connectivity index (χ0v) is 20.3. The van der Waals surface area contributed by atoms with Gasteiger partial charge in [-0.2, -0.15) is 0 Å². The van der Waals surface area contributed by atoms with E-state index in [4.69, 9.17) is 25.8 Å². The lowest BCUT2D eigenvalue weighted by atomic mass is 10.0. The molecule has 33 heavy (non-hydrogen) atoms. The number of thiazole rings is 1. The second kappa shape index (κ2) is 8.89. The van der Waals surface area contributed by atoms with Gasteiger partial charge in [0.15, 0.2) is 5.13 Å². The van der Waals surface area contributed by atoms with Crippen molar-refractivity contribution < 1.29 is 14.1 Å². The maximum absolute atomic E-state index is 14.1. The lowest BCUT2D eigenvalue weighted by molar-refractivity contribution is 0.0916. The van der Waals surface area contributed by atoms with Gasteiger partial charge in [0.1, 0.15) is 17.0 Å². The molecule has 4 aromatic rings. The third kappa shape index (κ3) is 4.05. The van der Waals surface area contributed by atoms with E-state index in [2.05, 4.69) is 24.2 Å². The summed E-state index contributed by atoms with van der Waals surface area (Å²) in [6.45, 7) is 6.98. The topological polar surface area (TPSA) is 68.5 Å². The van der Waals surface area contributed by atoms with E-state index >= 15 is 0 Å². The van der Waals surface area contributed by atoms with Crippen LogP contribution in [0.2, 0.25) is 5.02 Å². The van der Waals surface area contributed by atoms with Crippen LogP contribution >= 0.6 is 22.9 Å². The molecule has 6 nitrogen and oxygen atoms in total. The van der Waals surface area contributed by atoms with Gasteiger partial charge in [-0.25, -0.2) is 4.98 Å². The highest BCUT2D eigenvalue weighted by molar-refractivity contribution is 7.22. The second-order valence-electron chi connectivity index (χ2n) is 8.37. The highest BCUT2D eigenvalue weighted by Crippen LogP contribution is 2.37. The maximum Gasteiger partial charge on any atom is 0.266 e. The minimum Gasteiger partial charge on any atom is -0.376 e. The molecule has 1 fully saturated rings. The molecule has 1 aliphatic heterocycles. The number of amides is 1. The van der Waals surface area contributed by atoms with Gasteiger partial charge in [0.2, 0.25) is 0 Å². The minimum atomic E-state index is -0.214. The summed E-state index contributed by atoms with van der Waals surface area (Å²) in [5, 5.41) is 5.35. The molecule has 5 rings (SSSR count). The van der Waals surface area contributed by atoms with Crippen LogP contribution in [0.5, 0.6) is 0 Å². The molecule has 1 saturated heterocycles. The van der Waals surface area contributed by atoms with Gasteiger partial charge in [0.05, 0.1) is 27.9 Å². The molecule has 0 saturated carbocycles. The number of nitrogens with zero attached hydrogens (tertiary/aromatic N) is 3. The summed E-state index contributed by atoms with van der Waals surface area (Å²) >= 11 is 7.96. The number of fused-ring (bicyclic) bond motifs is 1. The van der Waals surface area contributed by atoms with E-state index in [0.29, 0.717) is 45.9 Å². The molecule has 1 aliphatic rings. The fourth-order valence-corrected chi connectivity index (χ4v) is 5.54. The summed E-state index contributed by atoms with van der Waals surface area (Å²) in [5.74, 6) is 0.231. The van der Waals surface area contributed by atoms with Crippen LogP contribution in [-0.2, 0) is 4.74 Å². The van der Waals surface area contributed by atoms with Crippen LogP contribution in [0.4, 0.5) is 5.13 Å². The van der Waals surface area contributed by atoms with Gasteiger partial charge in [-0.3, -0.25) is 9.69 Å². The molecular weight excluding hydrogens is 458 g/mol. The van der Waals surface area contributed by atoms with E-state index < -0.39 is 0 Å². The van der Waals surface area contributed by atoms with E-state index in [1.54, 1.807) is 17.9 Å². The molecule has 2 aromatic carbocycles. The quantitative estimate of drug-likeness (QED) is 0.332. The van der Waals surface area contributed by atoms with Crippen molar-refractivity contribution in [3.63, 3.8) is 0 Å². The predicted octanol–water partition coefficient (Wildman–Crippen LogP) is 6.36. The van der Waals surface area contributed by atoms with Crippen LogP contribution < -0.4 is 4.90 Å². The summed E-state index contributed by atoms with van der Waals surface area (Å²) in [6.07, 6.45) is 1.86. The van der Waals surface area contributed by atoms with E-state index in [0.717, 1.165) is 34.2 Å². The Hall–Kier alpha value is -2.74. The Morgan fingerprint density at radius 1 is 1.18 bits per heavy atom. The highest BCUT2D eigenvalue weighted by Gasteiger charge is 2.32. The number of halogens is 1. The van der Waals surface area contributed by atoms with Crippen LogP contribution in [0.25, 0.3) is 21.5 Å². The van der Waals surface area contributed by atoms with Gasteiger partial charge in [-0.1, -0.05) is 58.4 Å². The molecular formula is C25H24ClN3O3S. The van der Waals surface area contributed by atoms with Crippen molar-refractivity contribution in [2.24, 2.45) is 0 Å². The molecule has 0 unspecified atom stereocenters. The first-order valence-corrected chi connectivity index (χ1v) is 12.1. The van der Waals surface area contributed by atoms with Crippen molar-refractivity contribution in [2.45, 2.75) is 39.7 Å². The average molecular weight is 482 g/mol. The lowest BCUT2D eigenvalue weighted by Gasteiger charge is -2.23. The van der Waals surface area contributed by atoms with Crippen molar-refractivity contribution in [3.05, 3.63) is 63.9 Å². The Morgan fingerprint density at radius 2 is 1.97 bits per heavy atom. The number of ether oxygens (including phenoxy) is 1. The van der Waals surface area contributed by atoms with Crippen LogP contribution in [0.3, 0.4) is 0 Å².